The highest BCUT2D eigenvalue weighted by atomic mass is 32.1. The van der Waals surface area contributed by atoms with E-state index in [0.29, 0.717) is 35.2 Å². The maximum Gasteiger partial charge on any atom is 0.277 e. The lowest BCUT2D eigenvalue weighted by Crippen LogP contribution is -2.42. The summed E-state index contributed by atoms with van der Waals surface area (Å²) in [7, 11) is 0. The molecule has 0 spiro atoms. The van der Waals surface area contributed by atoms with Crippen LogP contribution in [0.15, 0.2) is 9.90 Å². The molecule has 1 unspecified atom stereocenters. The Bertz CT molecular complexity index is 582. The van der Waals surface area contributed by atoms with Gasteiger partial charge in [-0.05, 0) is 13.8 Å². The number of nitrogen functional groups attached to an aromatic ring is 1. The summed E-state index contributed by atoms with van der Waals surface area (Å²) in [4.78, 5) is 10.8. The third kappa shape index (κ3) is 2.67. The highest BCUT2D eigenvalue weighted by molar-refractivity contribution is 7.13. The fourth-order valence-corrected chi connectivity index (χ4v) is 2.69. The van der Waals surface area contributed by atoms with Gasteiger partial charge < -0.3 is 15.0 Å². The Labute approximate surface area is 120 Å². The molecular weight excluding hydrogens is 278 g/mol. The van der Waals surface area contributed by atoms with Crippen LogP contribution < -0.4 is 5.73 Å². The smallest absolute Gasteiger partial charge is 0.277 e. The lowest BCUT2D eigenvalue weighted by atomic mass is 10.2. The quantitative estimate of drug-likeness (QED) is 0.918. The largest absolute Gasteiger partial charge is 0.375 e. The van der Waals surface area contributed by atoms with E-state index in [1.165, 1.54) is 11.3 Å². The molecule has 8 heteroatoms. The molecule has 0 aromatic carbocycles. The molecule has 2 aromatic rings. The van der Waals surface area contributed by atoms with Gasteiger partial charge in [0.2, 0.25) is 5.82 Å². The van der Waals surface area contributed by atoms with E-state index in [0.717, 1.165) is 13.1 Å². The zero-order valence-corrected chi connectivity index (χ0v) is 12.3. The van der Waals surface area contributed by atoms with Crippen molar-refractivity contribution < 1.29 is 9.26 Å². The number of rotatable bonds is 3. The molecule has 0 bridgehead atoms. The van der Waals surface area contributed by atoms with Crippen molar-refractivity contribution >= 4 is 16.5 Å². The number of ether oxygens (including phenoxy) is 1. The summed E-state index contributed by atoms with van der Waals surface area (Å²) in [5, 5.41) is 6.29. The Balaban J connectivity index is 1.76. The first-order valence-electron chi connectivity index (χ1n) is 6.54. The molecular formula is C12H17N5O2S. The zero-order valence-electron chi connectivity index (χ0n) is 11.4. The van der Waals surface area contributed by atoms with Gasteiger partial charge in [0.05, 0.1) is 6.61 Å². The van der Waals surface area contributed by atoms with Crippen molar-refractivity contribution in [1.29, 1.82) is 0 Å². The third-order valence-corrected chi connectivity index (χ3v) is 3.97. The Hall–Kier alpha value is -1.51. The van der Waals surface area contributed by atoms with Crippen molar-refractivity contribution in [1.82, 2.24) is 20.0 Å². The van der Waals surface area contributed by atoms with Crippen LogP contribution in [0.1, 0.15) is 25.8 Å². The van der Waals surface area contributed by atoms with Gasteiger partial charge in [0.25, 0.3) is 5.89 Å². The summed E-state index contributed by atoms with van der Waals surface area (Å²) in [5.74, 6) is 0.954. The number of morpholine rings is 1. The van der Waals surface area contributed by atoms with Crippen molar-refractivity contribution in [2.45, 2.75) is 26.0 Å². The molecule has 7 nitrogen and oxygen atoms in total. The van der Waals surface area contributed by atoms with Gasteiger partial charge in [-0.3, -0.25) is 4.90 Å². The van der Waals surface area contributed by atoms with E-state index in [4.69, 9.17) is 15.0 Å². The van der Waals surface area contributed by atoms with Gasteiger partial charge in [-0.2, -0.15) is 4.98 Å². The van der Waals surface area contributed by atoms with E-state index in [1.54, 1.807) is 5.38 Å². The number of thiazole rings is 1. The molecule has 108 valence electrons. The first kappa shape index (κ1) is 13.5. The first-order valence-corrected chi connectivity index (χ1v) is 7.42. The fraction of sp³-hybridized carbons (Fsp3) is 0.583. The third-order valence-electron chi connectivity index (χ3n) is 3.30. The van der Waals surface area contributed by atoms with Crippen LogP contribution >= 0.6 is 11.3 Å². The van der Waals surface area contributed by atoms with Crippen molar-refractivity contribution in [3.05, 3.63) is 11.2 Å². The number of hydrogen-bond donors (Lipinski definition) is 1. The minimum atomic E-state index is -0.153. The minimum absolute atomic E-state index is 0.153. The van der Waals surface area contributed by atoms with Crippen molar-refractivity contribution in [2.24, 2.45) is 0 Å². The summed E-state index contributed by atoms with van der Waals surface area (Å²) < 4.78 is 11.0. The first-order chi connectivity index (χ1) is 9.63. The maximum absolute atomic E-state index is 5.73. The summed E-state index contributed by atoms with van der Waals surface area (Å²) in [6, 6.07) is 0.478. The molecule has 1 fully saturated rings. The van der Waals surface area contributed by atoms with Crippen molar-refractivity contribution in [3.8, 4) is 11.6 Å². The molecule has 0 aliphatic carbocycles. The highest BCUT2D eigenvalue weighted by Gasteiger charge is 2.27. The Morgan fingerprint density at radius 2 is 2.30 bits per heavy atom. The van der Waals surface area contributed by atoms with Crippen LogP contribution in [0.5, 0.6) is 0 Å². The second kappa shape index (κ2) is 5.47. The normalized spacial score (nSPS) is 20.6. The van der Waals surface area contributed by atoms with Crippen LogP contribution in [0.2, 0.25) is 0 Å². The molecule has 0 radical (unpaired) electrons. The van der Waals surface area contributed by atoms with E-state index in [9.17, 15) is 0 Å². The van der Waals surface area contributed by atoms with E-state index in [1.807, 2.05) is 0 Å². The van der Waals surface area contributed by atoms with E-state index < -0.39 is 0 Å². The number of hydrogen-bond acceptors (Lipinski definition) is 8. The van der Waals surface area contributed by atoms with Crippen LogP contribution in [0.25, 0.3) is 11.6 Å². The van der Waals surface area contributed by atoms with Crippen LogP contribution in [-0.4, -0.2) is 45.8 Å². The van der Waals surface area contributed by atoms with Crippen molar-refractivity contribution in [2.75, 3.05) is 25.4 Å². The standard InChI is InChI=1S/C12H17N5O2S/c1-7(2)17-3-4-18-9(5-17)10-15-11(19-16-10)8-6-20-12(13)14-8/h6-7,9H,3-5H2,1-2H3,(H2,13,14). The fourth-order valence-electron chi connectivity index (χ4n) is 2.15. The molecule has 3 rings (SSSR count). The van der Waals surface area contributed by atoms with Gasteiger partial charge >= 0.3 is 0 Å². The summed E-state index contributed by atoms with van der Waals surface area (Å²) in [5.41, 5.74) is 6.22. The Kier molecular flexibility index (Phi) is 3.68. The summed E-state index contributed by atoms with van der Waals surface area (Å²) in [6.45, 7) is 6.72. The van der Waals surface area contributed by atoms with E-state index >= 15 is 0 Å². The molecule has 1 aliphatic heterocycles. The summed E-state index contributed by atoms with van der Waals surface area (Å²) in [6.07, 6.45) is -0.153. The van der Waals surface area contributed by atoms with Gasteiger partial charge in [-0.1, -0.05) is 5.16 Å². The SMILES string of the molecule is CC(C)N1CCOC(c2noc(-c3csc(N)n3)n2)C1. The van der Waals surface area contributed by atoms with Crippen molar-refractivity contribution in [3.63, 3.8) is 0 Å². The second-order valence-electron chi connectivity index (χ2n) is 4.98. The second-order valence-corrected chi connectivity index (χ2v) is 5.87. The Morgan fingerprint density at radius 3 is 3.00 bits per heavy atom. The topological polar surface area (TPSA) is 90.3 Å². The van der Waals surface area contributed by atoms with Crippen LogP contribution in [-0.2, 0) is 4.74 Å². The number of nitrogens with two attached hydrogens (primary N) is 1. The predicted molar refractivity (Wildman–Crippen MR) is 75.2 cm³/mol. The van der Waals surface area contributed by atoms with Crippen LogP contribution in [0.4, 0.5) is 5.13 Å². The Morgan fingerprint density at radius 1 is 1.45 bits per heavy atom. The maximum atomic E-state index is 5.73. The molecule has 2 aromatic heterocycles. The molecule has 20 heavy (non-hydrogen) atoms. The van der Waals surface area contributed by atoms with Gasteiger partial charge in [0.1, 0.15) is 11.8 Å². The highest BCUT2D eigenvalue weighted by Crippen LogP contribution is 2.25. The predicted octanol–water partition coefficient (Wildman–Crippen LogP) is 1.56. The molecule has 2 N–H and O–H groups in total. The monoisotopic (exact) mass is 295 g/mol. The van der Waals surface area contributed by atoms with Gasteiger partial charge in [-0.15, -0.1) is 11.3 Å². The van der Waals surface area contributed by atoms with Gasteiger partial charge in [0.15, 0.2) is 5.13 Å². The number of anilines is 1. The lowest BCUT2D eigenvalue weighted by Gasteiger charge is -2.34. The minimum Gasteiger partial charge on any atom is -0.375 e. The number of nitrogens with zero attached hydrogens (tertiary/aromatic N) is 4. The van der Waals surface area contributed by atoms with Crippen LogP contribution in [0, 0.1) is 0 Å². The summed E-state index contributed by atoms with van der Waals surface area (Å²) >= 11 is 1.35. The van der Waals surface area contributed by atoms with E-state index in [-0.39, 0.29) is 6.10 Å². The molecule has 1 aliphatic rings. The molecule has 3 heterocycles. The average molecular weight is 295 g/mol. The molecule has 0 amide bonds. The number of aromatic nitrogens is 3. The average Bonchev–Trinajstić information content (AvgIpc) is 3.07. The van der Waals surface area contributed by atoms with Crippen LogP contribution in [0.3, 0.4) is 0 Å². The molecule has 1 saturated heterocycles. The van der Waals surface area contributed by atoms with Gasteiger partial charge in [0, 0.05) is 24.5 Å². The van der Waals surface area contributed by atoms with E-state index in [2.05, 4.69) is 33.9 Å². The molecule has 1 atom stereocenters. The zero-order chi connectivity index (χ0) is 14.1. The lowest BCUT2D eigenvalue weighted by molar-refractivity contribution is -0.0450. The molecule has 0 saturated carbocycles. The van der Waals surface area contributed by atoms with Gasteiger partial charge in [-0.25, -0.2) is 4.98 Å².